The number of benzene rings is 2. The van der Waals surface area contributed by atoms with Crippen LogP contribution >= 0.6 is 0 Å². The lowest BCUT2D eigenvalue weighted by molar-refractivity contribution is -0.000301. The largest absolute Gasteiger partial charge is 0.487 e. The zero-order chi connectivity index (χ0) is 20.9. The van der Waals surface area contributed by atoms with E-state index >= 15 is 0 Å². The van der Waals surface area contributed by atoms with Crippen molar-refractivity contribution in [3.05, 3.63) is 76.9 Å². The molecule has 28 heavy (non-hydrogen) atoms. The van der Waals surface area contributed by atoms with E-state index in [1.807, 2.05) is 36.4 Å². The van der Waals surface area contributed by atoms with Crippen LogP contribution in [0, 0.1) is 19.3 Å². The van der Waals surface area contributed by atoms with E-state index in [0.717, 1.165) is 35.3 Å². The van der Waals surface area contributed by atoms with E-state index in [1.165, 1.54) is 5.56 Å². The molecule has 0 N–H and O–H groups in total. The first-order valence-corrected chi connectivity index (χ1v) is 10.1. The van der Waals surface area contributed by atoms with Gasteiger partial charge in [0.05, 0.1) is 0 Å². The lowest BCUT2D eigenvalue weighted by Crippen LogP contribution is -2.42. The number of allylic oxidation sites excluding steroid dienone is 2. The van der Waals surface area contributed by atoms with Crippen molar-refractivity contribution in [2.75, 3.05) is 0 Å². The summed E-state index contributed by atoms with van der Waals surface area (Å²) in [6, 6.07) is 13.8. The molecule has 150 valence electrons. The van der Waals surface area contributed by atoms with Gasteiger partial charge in [0.2, 0.25) is 0 Å². The second-order valence-corrected chi connectivity index (χ2v) is 9.09. The van der Waals surface area contributed by atoms with Gasteiger partial charge >= 0.3 is 0 Å². The molecule has 0 bridgehead atoms. The van der Waals surface area contributed by atoms with Gasteiger partial charge in [0.25, 0.3) is 0 Å². The third kappa shape index (κ3) is 5.58. The Morgan fingerprint density at radius 3 is 2.07 bits per heavy atom. The molecule has 2 aromatic rings. The molecule has 0 heterocycles. The number of carbonyl (C=O) groups is 1. The van der Waals surface area contributed by atoms with Crippen LogP contribution in [0.4, 0.5) is 0 Å². The first-order chi connectivity index (χ1) is 13.0. The second kappa shape index (κ2) is 8.77. The first kappa shape index (κ1) is 21.9. The number of hydrogen-bond donors (Lipinski definition) is 0. The molecule has 0 aliphatic carbocycles. The maximum absolute atomic E-state index is 12.1. The summed E-state index contributed by atoms with van der Waals surface area (Å²) in [5.74, 6) is 1.04. The fraction of sp³-hybridized carbons (Fsp3) is 0.423. The van der Waals surface area contributed by atoms with Crippen LogP contribution in [0.15, 0.2) is 54.6 Å². The smallest absolute Gasteiger partial charge is 0.185 e. The van der Waals surface area contributed by atoms with Gasteiger partial charge in [0, 0.05) is 11.0 Å². The van der Waals surface area contributed by atoms with Crippen molar-refractivity contribution >= 4 is 5.78 Å². The summed E-state index contributed by atoms with van der Waals surface area (Å²) in [5.41, 5.74) is 4.11. The van der Waals surface area contributed by atoms with E-state index in [2.05, 4.69) is 60.6 Å². The number of aryl methyl sites for hydroxylation is 3. The minimum absolute atomic E-state index is 0.0423. The summed E-state index contributed by atoms with van der Waals surface area (Å²) in [4.78, 5) is 12.1. The maximum Gasteiger partial charge on any atom is 0.185 e. The molecule has 0 saturated heterocycles. The minimum Gasteiger partial charge on any atom is -0.487 e. The van der Waals surface area contributed by atoms with Crippen LogP contribution in [0.3, 0.4) is 0 Å². The minimum atomic E-state index is -0.259. The standard InChI is InChI=1S/C26H34O2/c1-19-17-21(13-11-12-16-23(27)22-14-9-8-10-15-22)18-20(2)24(19)28-26(6,7)25(3,4)5/h8-10,12,14-18H,11,13H2,1-7H3/b16-12+. The number of carbonyl (C=O) groups excluding carboxylic acids is 1. The number of rotatable bonds is 7. The van der Waals surface area contributed by atoms with E-state index < -0.39 is 0 Å². The van der Waals surface area contributed by atoms with E-state index in [-0.39, 0.29) is 16.8 Å². The van der Waals surface area contributed by atoms with Crippen molar-refractivity contribution in [3.63, 3.8) is 0 Å². The Morgan fingerprint density at radius 1 is 0.964 bits per heavy atom. The number of ether oxygens (including phenoxy) is 1. The molecular formula is C26H34O2. The molecule has 0 aliphatic heterocycles. The van der Waals surface area contributed by atoms with Gasteiger partial charge in [-0.2, -0.15) is 0 Å². The topological polar surface area (TPSA) is 26.3 Å². The Balaban J connectivity index is 2.03. The summed E-state index contributed by atoms with van der Waals surface area (Å²) < 4.78 is 6.43. The lowest BCUT2D eigenvalue weighted by Gasteiger charge is -2.39. The van der Waals surface area contributed by atoms with Crippen LogP contribution in [0.25, 0.3) is 0 Å². The summed E-state index contributed by atoms with van der Waals surface area (Å²) in [6.45, 7) is 15.1. The molecule has 2 aromatic carbocycles. The Labute approximate surface area is 170 Å². The van der Waals surface area contributed by atoms with Crippen LogP contribution in [0.1, 0.15) is 68.1 Å². The molecule has 0 aliphatic rings. The number of ketones is 1. The molecule has 0 amide bonds. The summed E-state index contributed by atoms with van der Waals surface area (Å²) in [5, 5.41) is 0. The first-order valence-electron chi connectivity index (χ1n) is 10.1. The Morgan fingerprint density at radius 2 is 1.54 bits per heavy atom. The van der Waals surface area contributed by atoms with Crippen molar-refractivity contribution < 1.29 is 9.53 Å². The predicted molar refractivity (Wildman–Crippen MR) is 118 cm³/mol. The van der Waals surface area contributed by atoms with Gasteiger partial charge in [0.1, 0.15) is 11.4 Å². The highest BCUT2D eigenvalue weighted by Crippen LogP contribution is 2.37. The van der Waals surface area contributed by atoms with Crippen molar-refractivity contribution in [2.24, 2.45) is 5.41 Å². The quantitative estimate of drug-likeness (QED) is 0.388. The normalized spacial score (nSPS) is 12.4. The Hall–Kier alpha value is -2.35. The highest BCUT2D eigenvalue weighted by atomic mass is 16.5. The summed E-state index contributed by atoms with van der Waals surface area (Å²) in [6.07, 6.45) is 5.39. The highest BCUT2D eigenvalue weighted by Gasteiger charge is 2.35. The zero-order valence-electron chi connectivity index (χ0n) is 18.4. The molecule has 0 spiro atoms. The molecule has 0 radical (unpaired) electrons. The van der Waals surface area contributed by atoms with Crippen LogP contribution < -0.4 is 4.74 Å². The van der Waals surface area contributed by atoms with Crippen LogP contribution in [0.5, 0.6) is 5.75 Å². The van der Waals surface area contributed by atoms with Gasteiger partial charge in [-0.25, -0.2) is 0 Å². The maximum atomic E-state index is 12.1. The van der Waals surface area contributed by atoms with E-state index in [9.17, 15) is 4.79 Å². The fourth-order valence-corrected chi connectivity index (χ4v) is 2.89. The van der Waals surface area contributed by atoms with Gasteiger partial charge in [-0.3, -0.25) is 4.79 Å². The summed E-state index contributed by atoms with van der Waals surface area (Å²) >= 11 is 0. The van der Waals surface area contributed by atoms with Crippen molar-refractivity contribution in [1.82, 2.24) is 0 Å². The molecule has 0 fully saturated rings. The van der Waals surface area contributed by atoms with Crippen LogP contribution in [-0.2, 0) is 6.42 Å². The van der Waals surface area contributed by atoms with Crippen molar-refractivity contribution in [3.8, 4) is 5.75 Å². The van der Waals surface area contributed by atoms with E-state index in [1.54, 1.807) is 6.08 Å². The Bertz CT molecular complexity index is 813. The van der Waals surface area contributed by atoms with Crippen LogP contribution in [-0.4, -0.2) is 11.4 Å². The van der Waals surface area contributed by atoms with Crippen molar-refractivity contribution in [2.45, 2.75) is 66.9 Å². The molecule has 0 unspecified atom stereocenters. The molecule has 2 rings (SSSR count). The predicted octanol–water partition coefficient (Wildman–Crippen LogP) is 6.88. The molecule has 2 nitrogen and oxygen atoms in total. The van der Waals surface area contributed by atoms with Gasteiger partial charge in [-0.15, -0.1) is 0 Å². The second-order valence-electron chi connectivity index (χ2n) is 9.09. The van der Waals surface area contributed by atoms with Gasteiger partial charge in [0.15, 0.2) is 5.78 Å². The molecule has 0 atom stereocenters. The SMILES string of the molecule is Cc1cc(CC/C=C/C(=O)c2ccccc2)cc(C)c1OC(C)(C)C(C)(C)C. The van der Waals surface area contributed by atoms with Gasteiger partial charge < -0.3 is 4.74 Å². The van der Waals surface area contributed by atoms with Crippen LogP contribution in [0.2, 0.25) is 0 Å². The summed E-state index contributed by atoms with van der Waals surface area (Å²) in [7, 11) is 0. The molecule has 2 heteroatoms. The van der Waals surface area contributed by atoms with E-state index in [4.69, 9.17) is 4.74 Å². The lowest BCUT2D eigenvalue weighted by atomic mass is 9.79. The molecule has 0 saturated carbocycles. The monoisotopic (exact) mass is 378 g/mol. The average molecular weight is 379 g/mol. The average Bonchev–Trinajstić information content (AvgIpc) is 2.61. The van der Waals surface area contributed by atoms with Gasteiger partial charge in [-0.1, -0.05) is 69.3 Å². The van der Waals surface area contributed by atoms with E-state index in [0.29, 0.717) is 0 Å². The molecular weight excluding hydrogens is 344 g/mol. The molecule has 0 aromatic heterocycles. The Kier molecular flexibility index (Phi) is 6.87. The van der Waals surface area contributed by atoms with Gasteiger partial charge in [-0.05, 0) is 63.3 Å². The highest BCUT2D eigenvalue weighted by molar-refractivity contribution is 6.04. The fourth-order valence-electron chi connectivity index (χ4n) is 2.89. The third-order valence-electron chi connectivity index (χ3n) is 5.61. The van der Waals surface area contributed by atoms with Crippen molar-refractivity contribution in [1.29, 1.82) is 0 Å². The number of hydrogen-bond acceptors (Lipinski definition) is 2. The zero-order valence-corrected chi connectivity index (χ0v) is 18.4. The third-order valence-corrected chi connectivity index (χ3v) is 5.61.